The number of nitrogens with two attached hydrogens (primary N) is 2. The molecule has 0 saturated carbocycles. The first-order valence-corrected chi connectivity index (χ1v) is 40.4. The molecule has 7 unspecified atom stereocenters. The number of anilines is 1. The van der Waals surface area contributed by atoms with E-state index < -0.39 is 184 Å². The van der Waals surface area contributed by atoms with Crippen LogP contribution in [0.3, 0.4) is 0 Å². The molecule has 1 saturated heterocycles. The Kier molecular flexibility index (Phi) is 33.7. The Balaban J connectivity index is 1.30. The lowest BCUT2D eigenvalue weighted by Crippen LogP contribution is -2.58. The number of ketones is 2. The van der Waals surface area contributed by atoms with Gasteiger partial charge in [0.25, 0.3) is 43.3 Å². The average Bonchev–Trinajstić information content (AvgIpc) is 1.57. The SMILES string of the molecule is CCC(=O)NC(COC=O)C(=O)CC(CCCN=C(N)N)C(=O)NC(COC=O)C(=O)NC(CC(=O)O)C(=O)NC(CSC1CC(=O)N(CCCC(=O)CCCC2(C)/C(=C/C=C/c3cc(C(C)(C)C)c4ccc(=[N+](CC)CCCS(=O)(=O)O)cc-4o3)N(CCCS(=O)(=O)O)c3ccc(S(=O)(=O)O)cc32)C1=O)C(=O)O. The summed E-state index contributed by atoms with van der Waals surface area (Å²) in [6.45, 7) is 10.1. The van der Waals surface area contributed by atoms with Crippen LogP contribution in [0.4, 0.5) is 5.69 Å². The third-order valence-corrected chi connectivity index (χ3v) is 21.6. The lowest BCUT2D eigenvalue weighted by atomic mass is 9.77. The Morgan fingerprint density at radius 2 is 1.39 bits per heavy atom. The summed E-state index contributed by atoms with van der Waals surface area (Å²) in [4.78, 5) is 161. The summed E-state index contributed by atoms with van der Waals surface area (Å²) in [5.74, 6) is -12.7. The normalized spacial score (nSPS) is 17.4. The number of hydrogen-bond donors (Lipinski definition) is 11. The molecule has 0 bridgehead atoms. The van der Waals surface area contributed by atoms with E-state index in [1.54, 1.807) is 30.1 Å². The summed E-state index contributed by atoms with van der Waals surface area (Å²) in [6, 6.07) is 4.10. The van der Waals surface area contributed by atoms with Crippen molar-refractivity contribution < 1.29 is 121 Å². The summed E-state index contributed by atoms with van der Waals surface area (Å²) in [5.41, 5.74) is 12.3. The number of ether oxygens (including phenoxy) is 2. The van der Waals surface area contributed by atoms with E-state index in [0.29, 0.717) is 53.3 Å². The maximum atomic E-state index is 13.9. The van der Waals surface area contributed by atoms with Crippen molar-refractivity contribution in [3.8, 4) is 11.3 Å². The molecule has 5 rings (SSSR count). The van der Waals surface area contributed by atoms with Crippen LogP contribution in [0, 0.1) is 5.92 Å². The molecule has 109 heavy (non-hydrogen) atoms. The first-order chi connectivity index (χ1) is 51.0. The molecular formula is C69H95N10O26S4+. The number of amides is 6. The van der Waals surface area contributed by atoms with E-state index >= 15 is 0 Å². The monoisotopic (exact) mass is 1610 g/mol. The van der Waals surface area contributed by atoms with Crippen LogP contribution in [-0.2, 0) is 108 Å². The van der Waals surface area contributed by atoms with Crippen LogP contribution < -0.4 is 47.6 Å². The maximum Gasteiger partial charge on any atom is 0.327 e. The van der Waals surface area contributed by atoms with Gasteiger partial charge in [-0.3, -0.25) is 76.3 Å². The molecule has 40 heteroatoms. The van der Waals surface area contributed by atoms with Crippen molar-refractivity contribution in [2.24, 2.45) is 22.4 Å². The van der Waals surface area contributed by atoms with E-state index in [9.17, 15) is 107 Å². The predicted octanol–water partition coefficient (Wildman–Crippen LogP) is 1.22. The molecule has 4 aliphatic rings. The van der Waals surface area contributed by atoms with Crippen LogP contribution >= 0.6 is 11.8 Å². The summed E-state index contributed by atoms with van der Waals surface area (Å²) in [5, 5.41) is 28.4. The van der Waals surface area contributed by atoms with Crippen LogP contribution in [0.15, 0.2) is 74.6 Å². The number of aliphatic imine (C=N–C) groups is 1. The quantitative estimate of drug-likeness (QED) is 0.00720. The number of carboxylic acids is 2. The Hall–Kier alpha value is -9.48. The number of carbonyl (C=O) groups is 12. The molecule has 13 N–H and O–H groups in total. The fraction of sp³-hybridized carbons (Fsp3) is 0.536. The molecule has 1 aromatic carbocycles. The van der Waals surface area contributed by atoms with E-state index in [-0.39, 0.29) is 109 Å². The zero-order valence-corrected chi connectivity index (χ0v) is 64.3. The highest BCUT2D eigenvalue weighted by molar-refractivity contribution is 8.00. The van der Waals surface area contributed by atoms with Gasteiger partial charge in [-0.2, -0.15) is 25.3 Å². The Morgan fingerprint density at radius 1 is 0.771 bits per heavy atom. The van der Waals surface area contributed by atoms with Crippen molar-refractivity contribution in [2.75, 3.05) is 68.1 Å². The van der Waals surface area contributed by atoms with E-state index in [0.717, 1.165) is 21.4 Å². The second-order valence-electron chi connectivity index (χ2n) is 27.1. The van der Waals surface area contributed by atoms with E-state index in [1.165, 1.54) is 25.1 Å². The lowest BCUT2D eigenvalue weighted by Gasteiger charge is -2.30. The number of allylic oxidation sites excluding steroid dienone is 3. The number of hydrogen-bond acceptors (Lipinski definition) is 24. The molecule has 1 aromatic rings. The highest BCUT2D eigenvalue weighted by Crippen LogP contribution is 2.51. The number of carboxylic acid groups (broad SMARTS) is 2. The first kappa shape index (κ1) is 90.1. The number of rotatable bonds is 47. The van der Waals surface area contributed by atoms with Gasteiger partial charge in [-0.1, -0.05) is 33.8 Å². The number of imide groups is 1. The number of Topliss-reactive ketones (excluding diaryl/α,β-unsaturated/α-hetero) is 2. The molecule has 1 aliphatic carbocycles. The van der Waals surface area contributed by atoms with E-state index in [4.69, 9.17) is 25.4 Å². The maximum absolute atomic E-state index is 13.9. The molecule has 6 amide bonds. The van der Waals surface area contributed by atoms with Gasteiger partial charge in [0, 0.05) is 98.3 Å². The molecule has 7 atom stereocenters. The van der Waals surface area contributed by atoms with Gasteiger partial charge in [0.15, 0.2) is 11.7 Å². The molecular weight excluding hydrogens is 1510 g/mol. The molecule has 0 aromatic heterocycles. The number of likely N-dealkylation sites (tertiary alicyclic amines) is 1. The van der Waals surface area contributed by atoms with Crippen LogP contribution in [0.5, 0.6) is 0 Å². The fourth-order valence-corrected chi connectivity index (χ4v) is 15.1. The Labute approximate surface area is 634 Å². The zero-order chi connectivity index (χ0) is 81.4. The summed E-state index contributed by atoms with van der Waals surface area (Å²) in [6.07, 6.45) is 2.73. The molecule has 1 fully saturated rings. The van der Waals surface area contributed by atoms with Crippen molar-refractivity contribution in [3.63, 3.8) is 0 Å². The summed E-state index contributed by atoms with van der Waals surface area (Å²) >= 11 is 0.653. The van der Waals surface area contributed by atoms with Gasteiger partial charge in [0.05, 0.1) is 34.1 Å². The van der Waals surface area contributed by atoms with Crippen molar-refractivity contribution in [3.05, 3.63) is 82.6 Å². The minimum atomic E-state index is -4.79. The summed E-state index contributed by atoms with van der Waals surface area (Å²) in [7, 11) is -13.4. The number of aliphatic carboxylic acids is 2. The van der Waals surface area contributed by atoms with Crippen LogP contribution in [-0.4, -0.2) is 224 Å². The third kappa shape index (κ3) is 27.9. The fourth-order valence-electron chi connectivity index (χ4n) is 12.4. The number of carbonyl (C=O) groups excluding carboxylic acids is 10. The average molecular weight is 1610 g/mol. The van der Waals surface area contributed by atoms with Gasteiger partial charge in [-0.15, -0.1) is 11.8 Å². The topological polar surface area (TPSA) is 562 Å². The third-order valence-electron chi connectivity index (χ3n) is 17.9. The number of nitrogens with zero attached hydrogens (tertiary/aromatic N) is 4. The minimum Gasteiger partial charge on any atom is -0.481 e. The predicted molar refractivity (Wildman–Crippen MR) is 395 cm³/mol. The van der Waals surface area contributed by atoms with Gasteiger partial charge < -0.3 is 61.7 Å². The molecule has 3 aliphatic heterocycles. The van der Waals surface area contributed by atoms with Crippen molar-refractivity contribution in [1.82, 2.24) is 30.7 Å². The number of benzene rings is 2. The lowest BCUT2D eigenvalue weighted by molar-refractivity contribution is -0.143. The number of nitrogens with one attached hydrogen (secondary N) is 4. The van der Waals surface area contributed by atoms with Crippen LogP contribution in [0.25, 0.3) is 17.4 Å². The highest BCUT2D eigenvalue weighted by Gasteiger charge is 2.45. The summed E-state index contributed by atoms with van der Waals surface area (Å²) < 4.78 is 120. The van der Waals surface area contributed by atoms with Gasteiger partial charge in [-0.05, 0) is 111 Å². The van der Waals surface area contributed by atoms with Gasteiger partial charge in [0.2, 0.25) is 40.8 Å². The molecule has 3 heterocycles. The largest absolute Gasteiger partial charge is 0.481 e. The van der Waals surface area contributed by atoms with Gasteiger partial charge in [-0.25, -0.2) is 9.37 Å². The number of guanidine groups is 1. The zero-order valence-electron chi connectivity index (χ0n) is 61.0. The van der Waals surface area contributed by atoms with Crippen LogP contribution in [0.1, 0.15) is 142 Å². The van der Waals surface area contributed by atoms with Crippen molar-refractivity contribution in [2.45, 2.75) is 170 Å². The van der Waals surface area contributed by atoms with E-state index in [1.807, 2.05) is 56.5 Å². The Bertz CT molecular complexity index is 4360. The molecule has 0 spiro atoms. The first-order valence-electron chi connectivity index (χ1n) is 34.7. The standard InChI is InChI=1S/C69H94N10O26S4/c1-7-59(84)73-51(37-103-40-80)55(83)31-42(15-11-25-72-67(70)71)62(88)75-52(38-104-41-81)64(90)74-50(35-61(86)87)63(89)76-53(66(92)93)39-106-57-36-60(85)79(65(57)91)27-12-17-44(82)16-10-24-69(6)49-34-46(109(100,101)102)21-23-54(49)78(28-14-30-108(97,98)99)58(69)19-9-18-45-33-48(68(3,4)5)47-22-20-43(32-56(47)105-45)77(8-2)26-13-29-107(94,95)96/h9,18-23,32-34,40-42,50-53,57H,7-8,10-17,24-31,35-39H2,1-6H3,(H12-,70,71,72,73,74,75,76,84,86,87,88,89,90,92,93,94,95,96,97,98,99,100,101,102)/p+1. The molecule has 0 radical (unpaired) electrons. The highest BCUT2D eigenvalue weighted by atomic mass is 32.2. The number of thioether (sulfide) groups is 1. The second kappa shape index (κ2) is 40.8. The molecule has 36 nitrogen and oxygen atoms in total. The van der Waals surface area contributed by atoms with E-state index in [2.05, 4.69) is 26.3 Å². The van der Waals surface area contributed by atoms with Crippen LogP contribution in [0.2, 0.25) is 0 Å². The van der Waals surface area contributed by atoms with Crippen molar-refractivity contribution in [1.29, 1.82) is 0 Å². The minimum absolute atomic E-state index is 0.0197. The second-order valence-corrected chi connectivity index (χ2v) is 32.9. The smallest absolute Gasteiger partial charge is 0.327 e. The molecule has 600 valence electrons. The number of fused-ring (bicyclic) bond motifs is 2. The Morgan fingerprint density at radius 3 is 2.00 bits per heavy atom. The van der Waals surface area contributed by atoms with Crippen molar-refractivity contribution >= 4 is 132 Å². The van der Waals surface area contributed by atoms with Gasteiger partial charge in [0.1, 0.15) is 67.8 Å². The van der Waals surface area contributed by atoms with Gasteiger partial charge >= 0.3 is 11.9 Å².